The summed E-state index contributed by atoms with van der Waals surface area (Å²) >= 11 is 0. The molecule has 0 atom stereocenters. The van der Waals surface area contributed by atoms with Crippen molar-refractivity contribution in [2.24, 2.45) is 0 Å². The number of halogens is 1. The van der Waals surface area contributed by atoms with E-state index in [1.807, 2.05) is 24.4 Å². The fourth-order valence-corrected chi connectivity index (χ4v) is 3.55. The number of nitrogens with zero attached hydrogens (tertiary/aromatic N) is 4. The lowest BCUT2D eigenvalue weighted by molar-refractivity contribution is 0.629. The third-order valence-electron chi connectivity index (χ3n) is 5.08. The van der Waals surface area contributed by atoms with Gasteiger partial charge in [0.05, 0.1) is 23.1 Å². The second-order valence-electron chi connectivity index (χ2n) is 6.93. The largest absolute Gasteiger partial charge is 0.319 e. The Labute approximate surface area is 155 Å². The molecule has 5 rings (SSSR count). The van der Waals surface area contributed by atoms with Crippen LogP contribution in [-0.2, 0) is 6.54 Å². The minimum Gasteiger partial charge on any atom is -0.319 e. The highest BCUT2D eigenvalue weighted by atomic mass is 19.1. The fraction of sp³-hybridized carbons (Fsp3) is 0.136. The summed E-state index contributed by atoms with van der Waals surface area (Å²) in [6.07, 6.45) is 3.59. The van der Waals surface area contributed by atoms with Gasteiger partial charge in [-0.2, -0.15) is 0 Å². The molecule has 3 aromatic heterocycles. The highest BCUT2D eigenvalue weighted by Crippen LogP contribution is 2.30. The molecular formula is C22H17FN4. The maximum absolute atomic E-state index is 14.0. The molecule has 0 saturated carbocycles. The van der Waals surface area contributed by atoms with Crippen LogP contribution in [0.25, 0.3) is 33.1 Å². The van der Waals surface area contributed by atoms with E-state index in [1.54, 1.807) is 18.3 Å². The molecule has 0 unspecified atom stereocenters. The molecule has 0 amide bonds. The van der Waals surface area contributed by atoms with Crippen LogP contribution in [0.3, 0.4) is 0 Å². The van der Waals surface area contributed by atoms with Crippen LogP contribution in [0, 0.1) is 19.7 Å². The van der Waals surface area contributed by atoms with Crippen LogP contribution in [-0.4, -0.2) is 19.5 Å². The van der Waals surface area contributed by atoms with Gasteiger partial charge in [-0.1, -0.05) is 6.07 Å². The molecule has 5 aromatic rings. The number of pyridine rings is 1. The smallest absolute Gasteiger partial charge is 0.160 e. The third kappa shape index (κ3) is 2.54. The van der Waals surface area contributed by atoms with E-state index in [0.717, 1.165) is 38.7 Å². The molecule has 0 aliphatic heterocycles. The average Bonchev–Trinajstić information content (AvgIpc) is 2.94. The Hall–Kier alpha value is -3.34. The van der Waals surface area contributed by atoms with Crippen molar-refractivity contribution >= 4 is 33.1 Å². The van der Waals surface area contributed by atoms with E-state index >= 15 is 0 Å². The number of aromatic nitrogens is 4. The monoisotopic (exact) mass is 356 g/mol. The summed E-state index contributed by atoms with van der Waals surface area (Å²) in [5.41, 5.74) is 7.48. The summed E-state index contributed by atoms with van der Waals surface area (Å²) in [4.78, 5) is 13.9. The van der Waals surface area contributed by atoms with Gasteiger partial charge in [0.1, 0.15) is 11.3 Å². The Morgan fingerprint density at radius 3 is 2.48 bits per heavy atom. The number of hydrogen-bond donors (Lipinski definition) is 0. The molecule has 0 spiro atoms. The molecule has 2 aromatic carbocycles. The zero-order valence-corrected chi connectivity index (χ0v) is 15.1. The van der Waals surface area contributed by atoms with E-state index in [-0.39, 0.29) is 5.82 Å². The van der Waals surface area contributed by atoms with Crippen LogP contribution >= 0.6 is 0 Å². The van der Waals surface area contributed by atoms with E-state index in [1.165, 1.54) is 17.2 Å². The first kappa shape index (κ1) is 15.9. The molecule has 0 aliphatic rings. The number of rotatable bonds is 2. The summed E-state index contributed by atoms with van der Waals surface area (Å²) in [6.45, 7) is 4.73. The van der Waals surface area contributed by atoms with Crippen molar-refractivity contribution in [3.63, 3.8) is 0 Å². The van der Waals surface area contributed by atoms with Crippen LogP contribution in [0.4, 0.5) is 4.39 Å². The van der Waals surface area contributed by atoms with E-state index in [4.69, 9.17) is 9.97 Å². The first-order valence-electron chi connectivity index (χ1n) is 8.85. The van der Waals surface area contributed by atoms with Crippen LogP contribution in [0.5, 0.6) is 0 Å². The zero-order valence-electron chi connectivity index (χ0n) is 15.1. The van der Waals surface area contributed by atoms with Crippen LogP contribution in [0.1, 0.15) is 16.7 Å². The van der Waals surface area contributed by atoms with Crippen molar-refractivity contribution in [2.75, 3.05) is 0 Å². The predicted molar refractivity (Wildman–Crippen MR) is 105 cm³/mol. The number of hydrogen-bond acceptors (Lipinski definition) is 3. The fourth-order valence-electron chi connectivity index (χ4n) is 3.55. The molecule has 4 nitrogen and oxygen atoms in total. The first-order valence-corrected chi connectivity index (χ1v) is 8.85. The normalized spacial score (nSPS) is 11.7. The lowest BCUT2D eigenvalue weighted by Gasteiger charge is -2.08. The molecule has 132 valence electrons. The van der Waals surface area contributed by atoms with Crippen LogP contribution in [0.2, 0.25) is 0 Å². The maximum Gasteiger partial charge on any atom is 0.160 e. The zero-order chi connectivity index (χ0) is 18.5. The van der Waals surface area contributed by atoms with Crippen molar-refractivity contribution in [3.05, 3.63) is 77.4 Å². The Balaban J connectivity index is 1.87. The first-order chi connectivity index (χ1) is 13.1. The SMILES string of the molecule is Cc1cc2nc3c4cc(F)ccc4n(Cc4cccnc4)c3nc2cc1C. The standard InChI is InChI=1S/C22H17FN4/c1-13-8-18-19(9-14(13)2)26-22-21(25-18)17-10-16(23)5-6-20(17)27(22)12-15-4-3-7-24-11-15/h3-11H,12H2,1-2H3. The van der Waals surface area contributed by atoms with Crippen molar-refractivity contribution in [1.29, 1.82) is 0 Å². The van der Waals surface area contributed by atoms with Crippen molar-refractivity contribution in [2.45, 2.75) is 20.4 Å². The van der Waals surface area contributed by atoms with Gasteiger partial charge in [0.15, 0.2) is 5.65 Å². The molecule has 0 N–H and O–H groups in total. The lowest BCUT2D eigenvalue weighted by atomic mass is 10.1. The Morgan fingerprint density at radius 2 is 1.74 bits per heavy atom. The van der Waals surface area contributed by atoms with Crippen LogP contribution < -0.4 is 0 Å². The minimum absolute atomic E-state index is 0.273. The quantitative estimate of drug-likeness (QED) is 0.450. The molecular weight excluding hydrogens is 339 g/mol. The van der Waals surface area contributed by atoms with Gasteiger partial charge in [0.25, 0.3) is 0 Å². The molecule has 27 heavy (non-hydrogen) atoms. The number of aryl methyl sites for hydroxylation is 2. The van der Waals surface area contributed by atoms with Gasteiger partial charge >= 0.3 is 0 Å². The highest BCUT2D eigenvalue weighted by molar-refractivity contribution is 6.06. The van der Waals surface area contributed by atoms with Gasteiger partial charge < -0.3 is 4.57 Å². The van der Waals surface area contributed by atoms with Gasteiger partial charge in [-0.05, 0) is 66.9 Å². The summed E-state index contributed by atoms with van der Waals surface area (Å²) < 4.78 is 16.1. The average molecular weight is 356 g/mol. The van der Waals surface area contributed by atoms with Gasteiger partial charge in [0.2, 0.25) is 0 Å². The van der Waals surface area contributed by atoms with E-state index in [0.29, 0.717) is 6.54 Å². The Bertz CT molecular complexity index is 1320. The Kier molecular flexibility index (Phi) is 3.44. The molecule has 0 saturated heterocycles. The van der Waals surface area contributed by atoms with Gasteiger partial charge in [-0.3, -0.25) is 4.98 Å². The molecule has 0 radical (unpaired) electrons. The number of benzene rings is 2. The second-order valence-corrected chi connectivity index (χ2v) is 6.93. The summed E-state index contributed by atoms with van der Waals surface area (Å²) in [5.74, 6) is -0.273. The molecule has 3 heterocycles. The summed E-state index contributed by atoms with van der Waals surface area (Å²) in [5, 5.41) is 0.779. The van der Waals surface area contributed by atoms with Crippen molar-refractivity contribution < 1.29 is 4.39 Å². The topological polar surface area (TPSA) is 43.6 Å². The highest BCUT2D eigenvalue weighted by Gasteiger charge is 2.16. The Morgan fingerprint density at radius 1 is 0.963 bits per heavy atom. The summed E-state index contributed by atoms with van der Waals surface area (Å²) in [6, 6.07) is 12.9. The minimum atomic E-state index is -0.273. The van der Waals surface area contributed by atoms with Gasteiger partial charge in [-0.25, -0.2) is 14.4 Å². The molecule has 0 aliphatic carbocycles. The van der Waals surface area contributed by atoms with E-state index < -0.39 is 0 Å². The van der Waals surface area contributed by atoms with Crippen LogP contribution in [0.15, 0.2) is 54.9 Å². The van der Waals surface area contributed by atoms with E-state index in [2.05, 4.69) is 29.5 Å². The third-order valence-corrected chi connectivity index (χ3v) is 5.08. The van der Waals surface area contributed by atoms with Crippen molar-refractivity contribution in [1.82, 2.24) is 19.5 Å². The number of fused-ring (bicyclic) bond motifs is 4. The van der Waals surface area contributed by atoms with Crippen molar-refractivity contribution in [3.8, 4) is 0 Å². The second kappa shape index (κ2) is 5.84. The lowest BCUT2D eigenvalue weighted by Crippen LogP contribution is -2.01. The molecule has 5 heteroatoms. The molecule has 0 fully saturated rings. The molecule has 0 bridgehead atoms. The van der Waals surface area contributed by atoms with E-state index in [9.17, 15) is 4.39 Å². The summed E-state index contributed by atoms with van der Waals surface area (Å²) in [7, 11) is 0. The van der Waals surface area contributed by atoms with Gasteiger partial charge in [0, 0.05) is 17.8 Å². The maximum atomic E-state index is 14.0. The van der Waals surface area contributed by atoms with Gasteiger partial charge in [-0.15, -0.1) is 0 Å². The predicted octanol–water partition coefficient (Wildman–Crippen LogP) is 4.94.